The zero-order valence-electron chi connectivity index (χ0n) is 14.9. The fourth-order valence-corrected chi connectivity index (χ4v) is 2.87. The maximum Gasteiger partial charge on any atom is 0.303 e. The summed E-state index contributed by atoms with van der Waals surface area (Å²) in [6.07, 6.45) is 19.1. The second-order valence-electron chi connectivity index (χ2n) is 6.66. The minimum atomic E-state index is -0.671. The van der Waals surface area contributed by atoms with Crippen molar-refractivity contribution < 1.29 is 14.7 Å². The molecule has 0 saturated carbocycles. The van der Waals surface area contributed by atoms with E-state index in [1.165, 1.54) is 70.6 Å². The fourth-order valence-electron chi connectivity index (χ4n) is 2.87. The Morgan fingerprint density at radius 2 is 0.783 bits per heavy atom. The molecule has 3 N–H and O–H groups in total. The van der Waals surface area contributed by atoms with Crippen molar-refractivity contribution in [1.29, 1.82) is 0 Å². The Kier molecular flexibility index (Phi) is 16.5. The molecular weight excluding hydrogens is 290 g/mol. The van der Waals surface area contributed by atoms with Crippen LogP contribution in [0.1, 0.15) is 109 Å². The van der Waals surface area contributed by atoms with Gasteiger partial charge in [-0.15, -0.1) is 0 Å². The Morgan fingerprint density at radius 1 is 0.522 bits per heavy atom. The predicted molar refractivity (Wildman–Crippen MR) is 95.3 cm³/mol. The second-order valence-corrected chi connectivity index (χ2v) is 6.66. The summed E-state index contributed by atoms with van der Waals surface area (Å²) in [6, 6.07) is 0. The van der Waals surface area contributed by atoms with Gasteiger partial charge >= 0.3 is 5.97 Å². The number of amides is 1. The maximum absolute atomic E-state index is 10.6. The Balaban J connectivity index is 3.00. The van der Waals surface area contributed by atoms with Gasteiger partial charge in [-0.05, 0) is 12.8 Å². The van der Waals surface area contributed by atoms with Crippen LogP contribution in [0.4, 0.5) is 0 Å². The van der Waals surface area contributed by atoms with E-state index in [4.69, 9.17) is 10.8 Å². The molecule has 0 aliphatic carbocycles. The summed E-state index contributed by atoms with van der Waals surface area (Å²) in [7, 11) is 0. The van der Waals surface area contributed by atoms with Gasteiger partial charge in [-0.25, -0.2) is 0 Å². The standard InChI is InChI=1S/C19H37NO3/c20-18(21)16-14-12-10-8-6-4-2-1-3-5-7-9-11-13-15-17-19(22)23/h1-17H2,(H2,20,21)(H,22,23). The van der Waals surface area contributed by atoms with Crippen molar-refractivity contribution in [3.05, 3.63) is 0 Å². The van der Waals surface area contributed by atoms with Gasteiger partial charge in [0.05, 0.1) is 0 Å². The van der Waals surface area contributed by atoms with Gasteiger partial charge in [-0.1, -0.05) is 83.5 Å². The lowest BCUT2D eigenvalue weighted by Crippen LogP contribution is -2.09. The van der Waals surface area contributed by atoms with Crippen LogP contribution >= 0.6 is 0 Å². The highest BCUT2D eigenvalue weighted by Gasteiger charge is 1.97. The summed E-state index contributed by atoms with van der Waals surface area (Å²) in [5.41, 5.74) is 5.10. The van der Waals surface area contributed by atoms with Crippen molar-refractivity contribution in [3.8, 4) is 0 Å². The smallest absolute Gasteiger partial charge is 0.303 e. The molecule has 0 saturated heterocycles. The third kappa shape index (κ3) is 20.9. The number of rotatable bonds is 18. The average Bonchev–Trinajstić information content (AvgIpc) is 2.49. The molecule has 0 aromatic heterocycles. The number of unbranched alkanes of at least 4 members (excludes halogenated alkanes) is 14. The molecule has 4 heteroatoms. The Labute approximate surface area is 142 Å². The first kappa shape index (κ1) is 21.9. The van der Waals surface area contributed by atoms with Crippen LogP contribution in [0.2, 0.25) is 0 Å². The molecule has 0 spiro atoms. The SMILES string of the molecule is NC(=O)CCCCCCCCCCCCCCCCCC(=O)O. The Bertz CT molecular complexity index is 264. The largest absolute Gasteiger partial charge is 0.481 e. The minimum absolute atomic E-state index is 0.176. The highest BCUT2D eigenvalue weighted by molar-refractivity contribution is 5.73. The molecule has 0 unspecified atom stereocenters. The summed E-state index contributed by atoms with van der Waals surface area (Å²) in [4.78, 5) is 20.9. The molecule has 0 atom stereocenters. The molecule has 0 aliphatic rings. The van der Waals surface area contributed by atoms with Crippen molar-refractivity contribution in [2.24, 2.45) is 5.73 Å². The van der Waals surface area contributed by atoms with Gasteiger partial charge in [0.15, 0.2) is 0 Å². The summed E-state index contributed by atoms with van der Waals surface area (Å²) >= 11 is 0. The molecule has 23 heavy (non-hydrogen) atoms. The van der Waals surface area contributed by atoms with Crippen LogP contribution in [-0.4, -0.2) is 17.0 Å². The Hall–Kier alpha value is -1.06. The molecule has 0 aliphatic heterocycles. The third-order valence-corrected chi connectivity index (χ3v) is 4.31. The van der Waals surface area contributed by atoms with Crippen molar-refractivity contribution in [2.45, 2.75) is 109 Å². The molecule has 0 aromatic rings. The average molecular weight is 328 g/mol. The number of carboxylic acids is 1. The number of hydrogen-bond donors (Lipinski definition) is 2. The molecule has 0 aromatic carbocycles. The molecule has 1 amide bonds. The van der Waals surface area contributed by atoms with Crippen LogP contribution in [0.5, 0.6) is 0 Å². The number of aliphatic carboxylic acids is 1. The van der Waals surface area contributed by atoms with Gasteiger partial charge in [-0.2, -0.15) is 0 Å². The van der Waals surface area contributed by atoms with Crippen LogP contribution in [0, 0.1) is 0 Å². The summed E-state index contributed by atoms with van der Waals surface area (Å²) in [5.74, 6) is -0.846. The summed E-state index contributed by atoms with van der Waals surface area (Å²) in [6.45, 7) is 0. The van der Waals surface area contributed by atoms with Crippen LogP contribution in [0.3, 0.4) is 0 Å². The van der Waals surface area contributed by atoms with Crippen LogP contribution in [0.25, 0.3) is 0 Å². The lowest BCUT2D eigenvalue weighted by molar-refractivity contribution is -0.137. The number of primary amides is 1. The van der Waals surface area contributed by atoms with Gasteiger partial charge in [0.1, 0.15) is 0 Å². The first-order chi connectivity index (χ1) is 11.1. The molecular formula is C19H37NO3. The number of nitrogens with two attached hydrogens (primary N) is 1. The van der Waals surface area contributed by atoms with E-state index in [-0.39, 0.29) is 5.91 Å². The molecule has 136 valence electrons. The zero-order valence-corrected chi connectivity index (χ0v) is 14.9. The van der Waals surface area contributed by atoms with E-state index < -0.39 is 5.97 Å². The number of carbonyl (C=O) groups is 2. The van der Waals surface area contributed by atoms with Crippen molar-refractivity contribution in [2.75, 3.05) is 0 Å². The highest BCUT2D eigenvalue weighted by atomic mass is 16.4. The molecule has 4 nitrogen and oxygen atoms in total. The van der Waals surface area contributed by atoms with Crippen LogP contribution in [-0.2, 0) is 9.59 Å². The van der Waals surface area contributed by atoms with Crippen LogP contribution in [0.15, 0.2) is 0 Å². The first-order valence-corrected chi connectivity index (χ1v) is 9.63. The van der Waals surface area contributed by atoms with Crippen molar-refractivity contribution >= 4 is 11.9 Å². The van der Waals surface area contributed by atoms with Crippen molar-refractivity contribution in [3.63, 3.8) is 0 Å². The monoisotopic (exact) mass is 327 g/mol. The summed E-state index contributed by atoms with van der Waals surface area (Å²) < 4.78 is 0. The quantitative estimate of drug-likeness (QED) is 0.340. The lowest BCUT2D eigenvalue weighted by Gasteiger charge is -2.03. The second kappa shape index (κ2) is 17.3. The molecule has 0 radical (unpaired) electrons. The van der Waals surface area contributed by atoms with Gasteiger partial charge in [0.25, 0.3) is 0 Å². The van der Waals surface area contributed by atoms with Gasteiger partial charge in [0.2, 0.25) is 5.91 Å². The zero-order chi connectivity index (χ0) is 17.2. The normalized spacial score (nSPS) is 10.8. The van der Waals surface area contributed by atoms with E-state index in [0.717, 1.165) is 25.7 Å². The van der Waals surface area contributed by atoms with E-state index in [9.17, 15) is 9.59 Å². The number of hydrogen-bond acceptors (Lipinski definition) is 2. The third-order valence-electron chi connectivity index (χ3n) is 4.31. The lowest BCUT2D eigenvalue weighted by atomic mass is 10.0. The minimum Gasteiger partial charge on any atom is -0.481 e. The van der Waals surface area contributed by atoms with E-state index >= 15 is 0 Å². The molecule has 0 fully saturated rings. The number of carbonyl (C=O) groups excluding carboxylic acids is 1. The predicted octanol–water partition coefficient (Wildman–Crippen LogP) is 5.19. The molecule has 0 rings (SSSR count). The van der Waals surface area contributed by atoms with E-state index in [2.05, 4.69) is 0 Å². The topological polar surface area (TPSA) is 80.4 Å². The highest BCUT2D eigenvalue weighted by Crippen LogP contribution is 2.13. The van der Waals surface area contributed by atoms with Gasteiger partial charge < -0.3 is 10.8 Å². The molecule has 0 heterocycles. The maximum atomic E-state index is 10.6. The van der Waals surface area contributed by atoms with Gasteiger partial charge in [-0.3, -0.25) is 9.59 Å². The van der Waals surface area contributed by atoms with E-state index in [1.54, 1.807) is 0 Å². The number of carboxylic acid groups (broad SMARTS) is 1. The fraction of sp³-hybridized carbons (Fsp3) is 0.895. The van der Waals surface area contributed by atoms with Crippen LogP contribution < -0.4 is 5.73 Å². The Morgan fingerprint density at radius 3 is 1.04 bits per heavy atom. The summed E-state index contributed by atoms with van der Waals surface area (Å²) in [5, 5.41) is 8.53. The molecule has 0 bridgehead atoms. The van der Waals surface area contributed by atoms with E-state index in [0.29, 0.717) is 12.8 Å². The first-order valence-electron chi connectivity index (χ1n) is 9.63. The van der Waals surface area contributed by atoms with E-state index in [1.807, 2.05) is 0 Å². The van der Waals surface area contributed by atoms with Gasteiger partial charge in [0, 0.05) is 12.8 Å². The van der Waals surface area contributed by atoms with Crippen molar-refractivity contribution in [1.82, 2.24) is 0 Å².